The van der Waals surface area contributed by atoms with Gasteiger partial charge in [-0.2, -0.15) is 0 Å². The van der Waals surface area contributed by atoms with Gasteiger partial charge in [0.1, 0.15) is 5.82 Å². The zero-order valence-corrected chi connectivity index (χ0v) is 9.24. The monoisotopic (exact) mass is 205 g/mol. The molecule has 15 heavy (non-hydrogen) atoms. The number of carbonyl (C=O) groups excluding carboxylic acids is 1. The summed E-state index contributed by atoms with van der Waals surface area (Å²) in [6.45, 7) is 6.09. The Hall–Kier alpha value is -1.45. The Kier molecular flexibility index (Phi) is 2.42. The number of aromatic nitrogens is 2. The predicted molar refractivity (Wildman–Crippen MR) is 57.8 cm³/mol. The number of rotatable bonds is 2. The van der Waals surface area contributed by atoms with Crippen molar-refractivity contribution in [3.05, 3.63) is 17.7 Å². The third-order valence-electron chi connectivity index (χ3n) is 2.67. The van der Waals surface area contributed by atoms with Gasteiger partial charge in [-0.05, 0) is 6.42 Å². The van der Waals surface area contributed by atoms with Crippen LogP contribution in [-0.4, -0.2) is 15.9 Å². The summed E-state index contributed by atoms with van der Waals surface area (Å²) < 4.78 is 0. The van der Waals surface area contributed by atoms with Crippen molar-refractivity contribution in [1.82, 2.24) is 9.97 Å². The topological polar surface area (TPSA) is 54.9 Å². The van der Waals surface area contributed by atoms with E-state index in [1.807, 2.05) is 20.8 Å². The van der Waals surface area contributed by atoms with Crippen molar-refractivity contribution in [2.24, 2.45) is 0 Å². The van der Waals surface area contributed by atoms with Gasteiger partial charge < -0.3 is 5.32 Å². The second-order valence-corrected chi connectivity index (χ2v) is 4.13. The molecule has 4 nitrogen and oxygen atoms in total. The van der Waals surface area contributed by atoms with E-state index in [-0.39, 0.29) is 11.8 Å². The van der Waals surface area contributed by atoms with Gasteiger partial charge in [-0.3, -0.25) is 4.79 Å². The van der Waals surface area contributed by atoms with E-state index in [1.54, 1.807) is 6.20 Å². The molecule has 0 aromatic carbocycles. The van der Waals surface area contributed by atoms with Crippen molar-refractivity contribution in [1.29, 1.82) is 0 Å². The maximum Gasteiger partial charge on any atom is 0.233 e. The number of amides is 1. The van der Waals surface area contributed by atoms with Crippen LogP contribution >= 0.6 is 0 Å². The SMILES string of the molecule is CCC1C(=O)Nc2cnc(C(C)C)nc21. The Morgan fingerprint density at radius 3 is 2.87 bits per heavy atom. The minimum Gasteiger partial charge on any atom is -0.323 e. The molecule has 1 aliphatic rings. The summed E-state index contributed by atoms with van der Waals surface area (Å²) in [7, 11) is 0. The molecule has 1 aromatic heterocycles. The summed E-state index contributed by atoms with van der Waals surface area (Å²) in [4.78, 5) is 20.3. The van der Waals surface area contributed by atoms with E-state index in [4.69, 9.17) is 0 Å². The molecule has 1 atom stereocenters. The van der Waals surface area contributed by atoms with Crippen LogP contribution in [0, 0.1) is 0 Å². The van der Waals surface area contributed by atoms with E-state index in [0.717, 1.165) is 23.6 Å². The molecule has 4 heteroatoms. The minimum atomic E-state index is -0.0968. The molecule has 80 valence electrons. The average Bonchev–Trinajstić information content (AvgIpc) is 2.51. The Bertz CT molecular complexity index is 401. The fourth-order valence-electron chi connectivity index (χ4n) is 1.77. The average molecular weight is 205 g/mol. The molecule has 1 aliphatic heterocycles. The van der Waals surface area contributed by atoms with Gasteiger partial charge >= 0.3 is 0 Å². The van der Waals surface area contributed by atoms with E-state index < -0.39 is 0 Å². The van der Waals surface area contributed by atoms with Crippen LogP contribution in [0.25, 0.3) is 0 Å². The van der Waals surface area contributed by atoms with Gasteiger partial charge in [0.15, 0.2) is 0 Å². The molecule has 0 fully saturated rings. The summed E-state index contributed by atoms with van der Waals surface area (Å²) in [5.74, 6) is 1.05. The van der Waals surface area contributed by atoms with Crippen LogP contribution in [0.15, 0.2) is 6.20 Å². The first kappa shape index (κ1) is 10.1. The molecule has 0 saturated carbocycles. The van der Waals surface area contributed by atoms with Crippen LogP contribution in [0.3, 0.4) is 0 Å². The Morgan fingerprint density at radius 1 is 1.53 bits per heavy atom. The second-order valence-electron chi connectivity index (χ2n) is 4.13. The predicted octanol–water partition coefficient (Wildman–Crippen LogP) is 2.05. The summed E-state index contributed by atoms with van der Waals surface area (Å²) in [6, 6.07) is 0. The van der Waals surface area contributed by atoms with Crippen molar-refractivity contribution in [2.45, 2.75) is 39.0 Å². The van der Waals surface area contributed by atoms with Crippen LogP contribution in [0.1, 0.15) is 50.5 Å². The molecule has 0 bridgehead atoms. The number of fused-ring (bicyclic) bond motifs is 1. The van der Waals surface area contributed by atoms with Crippen LogP contribution in [0.5, 0.6) is 0 Å². The van der Waals surface area contributed by atoms with Crippen molar-refractivity contribution >= 4 is 11.6 Å². The zero-order valence-electron chi connectivity index (χ0n) is 9.24. The molecule has 1 aromatic rings. The number of anilines is 1. The maximum atomic E-state index is 11.6. The van der Waals surface area contributed by atoms with Crippen LogP contribution in [0.4, 0.5) is 5.69 Å². The molecule has 0 spiro atoms. The Labute approximate surface area is 89.1 Å². The Morgan fingerprint density at radius 2 is 2.27 bits per heavy atom. The lowest BCUT2D eigenvalue weighted by molar-refractivity contribution is -0.117. The lowest BCUT2D eigenvalue weighted by Gasteiger charge is -2.07. The van der Waals surface area contributed by atoms with E-state index >= 15 is 0 Å². The van der Waals surface area contributed by atoms with Gasteiger partial charge in [-0.25, -0.2) is 9.97 Å². The lowest BCUT2D eigenvalue weighted by atomic mass is 10.0. The van der Waals surface area contributed by atoms with E-state index in [1.165, 1.54) is 0 Å². The van der Waals surface area contributed by atoms with Crippen LogP contribution in [0.2, 0.25) is 0 Å². The minimum absolute atomic E-state index is 0.0442. The summed E-state index contributed by atoms with van der Waals surface area (Å²) >= 11 is 0. The first-order chi connectivity index (χ1) is 7.13. The zero-order chi connectivity index (χ0) is 11.0. The molecular formula is C11H15N3O. The van der Waals surface area contributed by atoms with Crippen molar-refractivity contribution in [3.63, 3.8) is 0 Å². The highest BCUT2D eigenvalue weighted by atomic mass is 16.2. The number of carbonyl (C=O) groups is 1. The van der Waals surface area contributed by atoms with Gasteiger partial charge in [0.05, 0.1) is 23.5 Å². The number of hydrogen-bond acceptors (Lipinski definition) is 3. The largest absolute Gasteiger partial charge is 0.323 e. The number of nitrogens with zero attached hydrogens (tertiary/aromatic N) is 2. The fourth-order valence-corrected chi connectivity index (χ4v) is 1.77. The fraction of sp³-hybridized carbons (Fsp3) is 0.545. The quantitative estimate of drug-likeness (QED) is 0.803. The van der Waals surface area contributed by atoms with Crippen LogP contribution < -0.4 is 5.32 Å². The van der Waals surface area contributed by atoms with E-state index in [0.29, 0.717) is 5.92 Å². The Balaban J connectivity index is 2.44. The molecule has 0 saturated heterocycles. The van der Waals surface area contributed by atoms with Crippen molar-refractivity contribution in [3.8, 4) is 0 Å². The van der Waals surface area contributed by atoms with Gasteiger partial charge in [0.2, 0.25) is 5.91 Å². The van der Waals surface area contributed by atoms with Crippen molar-refractivity contribution in [2.75, 3.05) is 5.32 Å². The first-order valence-corrected chi connectivity index (χ1v) is 5.31. The van der Waals surface area contributed by atoms with Gasteiger partial charge in [-0.1, -0.05) is 20.8 Å². The summed E-state index contributed by atoms with van der Waals surface area (Å²) in [5, 5.41) is 2.80. The standard InChI is InChI=1S/C11H15N3O/c1-4-7-9-8(13-11(7)15)5-12-10(14-9)6(2)3/h5-7H,4H2,1-3H3,(H,13,15). The number of hydrogen-bond donors (Lipinski definition) is 1. The highest BCUT2D eigenvalue weighted by molar-refractivity contribution is 6.01. The first-order valence-electron chi connectivity index (χ1n) is 5.31. The molecule has 0 radical (unpaired) electrons. The van der Waals surface area contributed by atoms with Crippen molar-refractivity contribution < 1.29 is 4.79 Å². The molecular weight excluding hydrogens is 190 g/mol. The lowest BCUT2D eigenvalue weighted by Crippen LogP contribution is -2.11. The van der Waals surface area contributed by atoms with Gasteiger partial charge in [0.25, 0.3) is 0 Å². The molecule has 0 aliphatic carbocycles. The third kappa shape index (κ3) is 1.60. The second kappa shape index (κ2) is 3.61. The maximum absolute atomic E-state index is 11.6. The van der Waals surface area contributed by atoms with E-state index in [2.05, 4.69) is 15.3 Å². The van der Waals surface area contributed by atoms with Gasteiger partial charge in [0, 0.05) is 5.92 Å². The summed E-state index contributed by atoms with van der Waals surface area (Å²) in [6.07, 6.45) is 2.50. The molecule has 1 amide bonds. The normalized spacial score (nSPS) is 19.2. The highest BCUT2D eigenvalue weighted by Gasteiger charge is 2.31. The summed E-state index contributed by atoms with van der Waals surface area (Å²) in [5.41, 5.74) is 1.64. The molecule has 2 heterocycles. The molecule has 2 rings (SSSR count). The van der Waals surface area contributed by atoms with Gasteiger partial charge in [-0.15, -0.1) is 0 Å². The highest BCUT2D eigenvalue weighted by Crippen LogP contribution is 2.32. The smallest absolute Gasteiger partial charge is 0.233 e. The van der Waals surface area contributed by atoms with E-state index in [9.17, 15) is 4.79 Å². The third-order valence-corrected chi connectivity index (χ3v) is 2.67. The molecule has 1 unspecified atom stereocenters. The van der Waals surface area contributed by atoms with Crippen LogP contribution in [-0.2, 0) is 4.79 Å². The molecule has 1 N–H and O–H groups in total. The number of nitrogens with one attached hydrogen (secondary N) is 1.